The van der Waals surface area contributed by atoms with Crippen molar-refractivity contribution >= 4 is 52.3 Å². The first-order valence-corrected chi connectivity index (χ1v) is 15.2. The molecule has 3 rings (SSSR count). The number of carboxylic acids is 1. The van der Waals surface area contributed by atoms with Crippen molar-refractivity contribution in [1.82, 2.24) is 26.3 Å². The van der Waals surface area contributed by atoms with E-state index in [0.717, 1.165) is 10.9 Å². The number of phenolic OH excluding ortho intramolecular Hbond substituents is 1. The molecule has 6 amide bonds. The Hall–Kier alpha value is -5.97. The van der Waals surface area contributed by atoms with E-state index >= 15 is 0 Å². The van der Waals surface area contributed by atoms with Gasteiger partial charge >= 0.3 is 5.97 Å². The number of aromatic amines is 1. The summed E-state index contributed by atoms with van der Waals surface area (Å²) in [5, 5.41) is 29.2. The van der Waals surface area contributed by atoms with E-state index in [2.05, 4.69) is 26.3 Å². The summed E-state index contributed by atoms with van der Waals surface area (Å²) in [6, 6.07) is 6.56. The largest absolute Gasteiger partial charge is 0.508 e. The summed E-state index contributed by atoms with van der Waals surface area (Å²) in [4.78, 5) is 90.3. The number of nitrogens with one attached hydrogen (secondary N) is 5. The molecule has 0 radical (unpaired) electrons. The number of fused-ring (bicyclic) bond motifs is 1. The predicted octanol–water partition coefficient (Wildman–Crippen LogP) is -1.83. The fraction of sp³-hybridized carbons (Fsp3) is 0.344. The molecule has 49 heavy (non-hydrogen) atoms. The number of hydrogen-bond donors (Lipinski definition) is 10. The van der Waals surface area contributed by atoms with Crippen molar-refractivity contribution in [2.24, 2.45) is 17.2 Å². The Labute approximate surface area is 280 Å². The van der Waals surface area contributed by atoms with Crippen molar-refractivity contribution in [2.45, 2.75) is 69.2 Å². The number of benzene rings is 2. The zero-order chi connectivity index (χ0) is 36.2. The Kier molecular flexibility index (Phi) is 13.2. The average Bonchev–Trinajstić information content (AvgIpc) is 3.45. The first-order chi connectivity index (χ1) is 23.1. The maximum Gasteiger partial charge on any atom is 0.326 e. The highest BCUT2D eigenvalue weighted by Crippen LogP contribution is 2.19. The lowest BCUT2D eigenvalue weighted by Gasteiger charge is -2.25. The highest BCUT2D eigenvalue weighted by atomic mass is 16.4. The van der Waals surface area contributed by atoms with Crippen LogP contribution in [0.1, 0.15) is 37.3 Å². The molecule has 13 N–H and O–H groups in total. The summed E-state index contributed by atoms with van der Waals surface area (Å²) >= 11 is 0. The molecule has 3 aromatic rings. The number of carbonyl (C=O) groups is 7. The van der Waals surface area contributed by atoms with Gasteiger partial charge in [0.15, 0.2) is 0 Å². The van der Waals surface area contributed by atoms with Gasteiger partial charge < -0.3 is 53.7 Å². The maximum absolute atomic E-state index is 13.8. The van der Waals surface area contributed by atoms with Crippen molar-refractivity contribution in [3.05, 3.63) is 65.9 Å². The van der Waals surface area contributed by atoms with Crippen LogP contribution in [0.2, 0.25) is 0 Å². The van der Waals surface area contributed by atoms with Gasteiger partial charge in [-0.3, -0.25) is 28.8 Å². The molecule has 0 aliphatic rings. The number of hydrogen-bond acceptors (Lipinski definition) is 9. The Morgan fingerprint density at radius 3 is 2.00 bits per heavy atom. The number of aromatic nitrogens is 1. The summed E-state index contributed by atoms with van der Waals surface area (Å²) in [6.45, 7) is 1.24. The summed E-state index contributed by atoms with van der Waals surface area (Å²) in [5.74, 6) is -6.62. The fourth-order valence-electron chi connectivity index (χ4n) is 4.89. The fourth-order valence-corrected chi connectivity index (χ4v) is 4.89. The van der Waals surface area contributed by atoms with Crippen molar-refractivity contribution in [3.8, 4) is 5.75 Å². The van der Waals surface area contributed by atoms with Crippen LogP contribution in [0.15, 0.2) is 54.7 Å². The lowest BCUT2D eigenvalue weighted by molar-refractivity contribution is -0.143. The van der Waals surface area contributed by atoms with E-state index in [1.165, 1.54) is 19.1 Å². The van der Waals surface area contributed by atoms with Crippen molar-refractivity contribution in [3.63, 3.8) is 0 Å². The number of rotatable bonds is 18. The van der Waals surface area contributed by atoms with Gasteiger partial charge in [0.25, 0.3) is 0 Å². The molecule has 5 atom stereocenters. The smallest absolute Gasteiger partial charge is 0.326 e. The van der Waals surface area contributed by atoms with Crippen LogP contribution in [0.3, 0.4) is 0 Å². The third-order valence-electron chi connectivity index (χ3n) is 7.54. The number of aliphatic carboxylic acids is 1. The standard InChI is InChI=1S/C32H40N8O9/c1-16(28(44)40-25(32(48)49)14-27(35)43)37-30(46)23(10-11-26(34)42)38-31(47)24(13-18-15-36-22-5-3-2-4-20(18)22)39-29(45)21(33)12-17-6-8-19(41)9-7-17/h2-9,15-16,21,23-25,36,41H,10-14,33H2,1H3,(H2,34,42)(H2,35,43)(H,37,46)(H,38,47)(H,39,45)(H,40,44)(H,48,49)/t16-,21-,23-,24-,25-/m0/s1. The third kappa shape index (κ3) is 11.4. The molecular formula is C32H40N8O9. The van der Waals surface area contributed by atoms with Gasteiger partial charge in [-0.25, -0.2) is 4.79 Å². The summed E-state index contributed by atoms with van der Waals surface area (Å²) in [6.07, 6.45) is 0.408. The number of amides is 6. The normalized spacial score (nSPS) is 14.0. The number of H-pyrrole nitrogens is 1. The van der Waals surface area contributed by atoms with Gasteiger partial charge in [-0.15, -0.1) is 0 Å². The molecule has 0 saturated carbocycles. The molecule has 0 fully saturated rings. The van der Waals surface area contributed by atoms with E-state index in [4.69, 9.17) is 17.2 Å². The number of para-hydroxylation sites is 1. The highest BCUT2D eigenvalue weighted by Gasteiger charge is 2.31. The van der Waals surface area contributed by atoms with Crippen LogP contribution in [0.5, 0.6) is 5.75 Å². The molecule has 17 nitrogen and oxygen atoms in total. The van der Waals surface area contributed by atoms with Crippen LogP contribution >= 0.6 is 0 Å². The molecule has 0 spiro atoms. The second-order valence-electron chi connectivity index (χ2n) is 11.5. The third-order valence-corrected chi connectivity index (χ3v) is 7.54. The zero-order valence-electron chi connectivity index (χ0n) is 26.6. The number of primary amides is 2. The Morgan fingerprint density at radius 1 is 0.755 bits per heavy atom. The number of aromatic hydroxyl groups is 1. The molecule has 1 heterocycles. The van der Waals surface area contributed by atoms with Crippen molar-refractivity contribution < 1.29 is 43.8 Å². The maximum atomic E-state index is 13.8. The second kappa shape index (κ2) is 17.3. The first kappa shape index (κ1) is 37.5. The molecule has 1 aromatic heterocycles. The van der Waals surface area contributed by atoms with Gasteiger partial charge in [0.2, 0.25) is 35.4 Å². The van der Waals surface area contributed by atoms with Crippen LogP contribution < -0.4 is 38.5 Å². The van der Waals surface area contributed by atoms with E-state index in [1.54, 1.807) is 24.4 Å². The van der Waals surface area contributed by atoms with E-state index < -0.39 is 78.0 Å². The predicted molar refractivity (Wildman–Crippen MR) is 175 cm³/mol. The molecule has 0 aliphatic carbocycles. The van der Waals surface area contributed by atoms with E-state index in [9.17, 15) is 43.8 Å². The van der Waals surface area contributed by atoms with E-state index in [0.29, 0.717) is 11.1 Å². The minimum Gasteiger partial charge on any atom is -0.508 e. The molecule has 0 aliphatic heterocycles. The summed E-state index contributed by atoms with van der Waals surface area (Å²) < 4.78 is 0. The SMILES string of the molecule is C[C@H](NC(=O)[C@H](CCC(N)=O)NC(=O)[C@H](Cc1c[nH]c2ccccc12)NC(=O)[C@@H](N)Cc1ccc(O)cc1)C(=O)N[C@@H](CC(N)=O)C(=O)O. The van der Waals surface area contributed by atoms with Crippen LogP contribution in [0.25, 0.3) is 10.9 Å². The van der Waals surface area contributed by atoms with Crippen LogP contribution in [0, 0.1) is 0 Å². The highest BCUT2D eigenvalue weighted by molar-refractivity contribution is 5.96. The summed E-state index contributed by atoms with van der Waals surface area (Å²) in [7, 11) is 0. The summed E-state index contributed by atoms with van der Waals surface area (Å²) in [5.41, 5.74) is 18.6. The Balaban J connectivity index is 1.81. The zero-order valence-corrected chi connectivity index (χ0v) is 26.6. The van der Waals surface area contributed by atoms with Gasteiger partial charge in [-0.05, 0) is 49.1 Å². The van der Waals surface area contributed by atoms with Gasteiger partial charge in [-0.2, -0.15) is 0 Å². The first-order valence-electron chi connectivity index (χ1n) is 15.2. The minimum atomic E-state index is -1.65. The number of nitrogens with two attached hydrogens (primary N) is 3. The average molecular weight is 681 g/mol. The van der Waals surface area contributed by atoms with Crippen LogP contribution in [-0.2, 0) is 46.4 Å². The number of carbonyl (C=O) groups excluding carboxylic acids is 6. The Morgan fingerprint density at radius 2 is 1.37 bits per heavy atom. The van der Waals surface area contributed by atoms with Crippen molar-refractivity contribution in [1.29, 1.82) is 0 Å². The van der Waals surface area contributed by atoms with Crippen LogP contribution in [0.4, 0.5) is 0 Å². The van der Waals surface area contributed by atoms with Gasteiger partial charge in [0.05, 0.1) is 12.5 Å². The topological polar surface area (TPSA) is 302 Å². The minimum absolute atomic E-state index is 0.0348. The molecule has 262 valence electrons. The lowest BCUT2D eigenvalue weighted by atomic mass is 10.0. The molecule has 0 bridgehead atoms. The molecule has 17 heteroatoms. The van der Waals surface area contributed by atoms with Gasteiger partial charge in [0, 0.05) is 29.9 Å². The number of carboxylic acid groups (broad SMARTS) is 1. The van der Waals surface area contributed by atoms with E-state index in [1.807, 2.05) is 18.2 Å². The Bertz CT molecular complexity index is 1690. The molecular weight excluding hydrogens is 640 g/mol. The van der Waals surface area contributed by atoms with Crippen LogP contribution in [-0.4, -0.2) is 86.8 Å². The van der Waals surface area contributed by atoms with Gasteiger partial charge in [-0.1, -0.05) is 30.3 Å². The molecule has 2 aromatic carbocycles. The monoisotopic (exact) mass is 680 g/mol. The second-order valence-corrected chi connectivity index (χ2v) is 11.5. The molecule has 0 unspecified atom stereocenters. The quantitative estimate of drug-likeness (QED) is 0.0717. The lowest BCUT2D eigenvalue weighted by Crippen LogP contribution is -2.58. The van der Waals surface area contributed by atoms with E-state index in [-0.39, 0.29) is 31.4 Å². The van der Waals surface area contributed by atoms with Gasteiger partial charge in [0.1, 0.15) is 29.9 Å². The van der Waals surface area contributed by atoms with Crippen molar-refractivity contribution in [2.75, 3.05) is 0 Å². The molecule has 0 saturated heterocycles. The number of phenols is 1.